The molecule has 3 heterocycles. The number of carbonyl (C=O) groups is 2. The van der Waals surface area contributed by atoms with Gasteiger partial charge in [0.05, 0.1) is 25.3 Å². The second-order valence-electron chi connectivity index (χ2n) is 8.84. The van der Waals surface area contributed by atoms with Crippen LogP contribution in [-0.4, -0.2) is 86.7 Å². The van der Waals surface area contributed by atoms with Crippen LogP contribution in [-0.2, 0) is 9.53 Å². The Hall–Kier alpha value is -2.12. The highest BCUT2D eigenvalue weighted by atomic mass is 16.5. The van der Waals surface area contributed by atoms with E-state index in [0.717, 1.165) is 36.9 Å². The number of carbonyl (C=O) groups excluding carboxylic acids is 2. The molecule has 3 atom stereocenters. The topological polar surface area (TPSA) is 65.1 Å². The van der Waals surface area contributed by atoms with Crippen LogP contribution in [0.1, 0.15) is 36.0 Å². The minimum absolute atomic E-state index is 0.0694. The third-order valence-electron chi connectivity index (χ3n) is 6.74. The predicted octanol–water partition coefficient (Wildman–Crippen LogP) is 1.34. The van der Waals surface area contributed by atoms with E-state index in [2.05, 4.69) is 10.2 Å². The summed E-state index contributed by atoms with van der Waals surface area (Å²) in [6.07, 6.45) is 3.99. The number of likely N-dealkylation sites (N-methyl/N-ethyl adjacent to an activating group) is 1. The standard InChI is InChI=1S/C22H32N4O3/c1-23-20(27)14-26-18-7-8-19(26)13-22(12-18)15-25(9-10-29-22)21(28)16-5-4-6-17(11-16)24(2)3/h4-6,11,18-19H,7-10,12-15H2,1-3H3,(H,23,27)/t18-,19+,22?. The highest BCUT2D eigenvalue weighted by Crippen LogP contribution is 2.44. The van der Waals surface area contributed by atoms with Gasteiger partial charge in [0.1, 0.15) is 0 Å². The first-order valence-electron chi connectivity index (χ1n) is 10.6. The molecule has 158 valence electrons. The van der Waals surface area contributed by atoms with Crippen LogP contribution in [0.25, 0.3) is 0 Å². The van der Waals surface area contributed by atoms with E-state index in [1.54, 1.807) is 7.05 Å². The van der Waals surface area contributed by atoms with E-state index < -0.39 is 0 Å². The minimum atomic E-state index is -0.280. The molecular formula is C22H32N4O3. The molecule has 3 fully saturated rings. The lowest BCUT2D eigenvalue weighted by Gasteiger charge is -2.50. The van der Waals surface area contributed by atoms with Gasteiger partial charge in [0, 0.05) is 51.0 Å². The summed E-state index contributed by atoms with van der Waals surface area (Å²) in [4.78, 5) is 31.4. The maximum atomic E-state index is 13.2. The molecule has 7 nitrogen and oxygen atoms in total. The van der Waals surface area contributed by atoms with Gasteiger partial charge < -0.3 is 19.9 Å². The maximum Gasteiger partial charge on any atom is 0.254 e. The number of morpholine rings is 1. The van der Waals surface area contributed by atoms with E-state index in [1.807, 2.05) is 48.2 Å². The third-order valence-corrected chi connectivity index (χ3v) is 6.74. The average Bonchev–Trinajstić information content (AvgIpc) is 2.97. The molecule has 1 aromatic carbocycles. The van der Waals surface area contributed by atoms with E-state index >= 15 is 0 Å². The summed E-state index contributed by atoms with van der Waals surface area (Å²) in [6, 6.07) is 8.53. The fourth-order valence-corrected chi connectivity index (χ4v) is 5.26. The molecule has 2 bridgehead atoms. The normalized spacial score (nSPS) is 29.1. The number of nitrogens with one attached hydrogen (secondary N) is 1. The van der Waals surface area contributed by atoms with Crippen molar-refractivity contribution in [1.29, 1.82) is 0 Å². The van der Waals surface area contributed by atoms with Crippen molar-refractivity contribution in [3.63, 3.8) is 0 Å². The fourth-order valence-electron chi connectivity index (χ4n) is 5.26. The molecule has 1 N–H and O–H groups in total. The molecule has 0 aliphatic carbocycles. The lowest BCUT2D eigenvalue weighted by atomic mass is 9.84. The largest absolute Gasteiger partial charge is 0.378 e. The number of rotatable bonds is 4. The lowest BCUT2D eigenvalue weighted by Crippen LogP contribution is -2.61. The van der Waals surface area contributed by atoms with Gasteiger partial charge in [0.25, 0.3) is 5.91 Å². The Balaban J connectivity index is 1.47. The van der Waals surface area contributed by atoms with Crippen LogP contribution in [0.15, 0.2) is 24.3 Å². The van der Waals surface area contributed by atoms with Crippen LogP contribution in [0.3, 0.4) is 0 Å². The smallest absolute Gasteiger partial charge is 0.254 e. The number of nitrogens with zero attached hydrogens (tertiary/aromatic N) is 3. The molecule has 7 heteroatoms. The number of amides is 2. The summed E-state index contributed by atoms with van der Waals surface area (Å²) in [7, 11) is 5.65. The average molecular weight is 401 g/mol. The van der Waals surface area contributed by atoms with Crippen LogP contribution in [0.4, 0.5) is 5.69 Å². The van der Waals surface area contributed by atoms with Crippen LogP contribution in [0.2, 0.25) is 0 Å². The molecule has 29 heavy (non-hydrogen) atoms. The van der Waals surface area contributed by atoms with E-state index in [1.165, 1.54) is 0 Å². The summed E-state index contributed by atoms with van der Waals surface area (Å²) in [5, 5.41) is 2.74. The molecule has 4 rings (SSSR count). The first-order valence-corrected chi connectivity index (χ1v) is 10.6. The Labute approximate surface area is 173 Å². The number of benzene rings is 1. The van der Waals surface area contributed by atoms with E-state index in [9.17, 15) is 9.59 Å². The van der Waals surface area contributed by atoms with Gasteiger partial charge in [0.15, 0.2) is 0 Å². The summed E-state index contributed by atoms with van der Waals surface area (Å²) in [5.74, 6) is 0.150. The number of fused-ring (bicyclic) bond motifs is 2. The molecule has 3 aliphatic rings. The molecule has 2 amide bonds. The zero-order valence-electron chi connectivity index (χ0n) is 17.7. The van der Waals surface area contributed by atoms with Crippen molar-refractivity contribution in [2.45, 2.75) is 43.4 Å². The monoisotopic (exact) mass is 400 g/mol. The van der Waals surface area contributed by atoms with Gasteiger partial charge in [0.2, 0.25) is 5.91 Å². The number of ether oxygens (including phenoxy) is 1. The minimum Gasteiger partial charge on any atom is -0.378 e. The summed E-state index contributed by atoms with van der Waals surface area (Å²) in [6.45, 7) is 2.30. The second-order valence-corrected chi connectivity index (χ2v) is 8.84. The number of piperidine rings is 1. The second kappa shape index (κ2) is 7.95. The molecule has 1 unspecified atom stereocenters. The van der Waals surface area contributed by atoms with Crippen molar-refractivity contribution in [2.75, 3.05) is 52.3 Å². The lowest BCUT2D eigenvalue weighted by molar-refractivity contribution is -0.146. The fraction of sp³-hybridized carbons (Fsp3) is 0.636. The molecule has 3 saturated heterocycles. The summed E-state index contributed by atoms with van der Waals surface area (Å²) < 4.78 is 6.32. The summed E-state index contributed by atoms with van der Waals surface area (Å²) in [5.41, 5.74) is 1.48. The van der Waals surface area contributed by atoms with Crippen LogP contribution in [0.5, 0.6) is 0 Å². The zero-order valence-corrected chi connectivity index (χ0v) is 17.7. The Morgan fingerprint density at radius 1 is 1.24 bits per heavy atom. The predicted molar refractivity (Wildman–Crippen MR) is 112 cm³/mol. The van der Waals surface area contributed by atoms with Gasteiger partial charge in [-0.05, 0) is 43.9 Å². The maximum absolute atomic E-state index is 13.2. The van der Waals surface area contributed by atoms with Gasteiger partial charge in [-0.2, -0.15) is 0 Å². The first-order chi connectivity index (χ1) is 13.9. The SMILES string of the molecule is CNC(=O)CN1[C@@H]2CC[C@H]1CC1(C2)CN(C(=O)c2cccc(N(C)C)c2)CCO1. The Morgan fingerprint density at radius 2 is 1.97 bits per heavy atom. The molecule has 3 aliphatic heterocycles. The molecule has 0 aromatic heterocycles. The Bertz CT molecular complexity index is 767. The van der Waals surface area contributed by atoms with Gasteiger partial charge >= 0.3 is 0 Å². The number of hydrogen-bond acceptors (Lipinski definition) is 5. The van der Waals surface area contributed by atoms with Gasteiger partial charge in [-0.25, -0.2) is 0 Å². The van der Waals surface area contributed by atoms with Crippen molar-refractivity contribution >= 4 is 17.5 Å². The molecule has 1 aromatic rings. The van der Waals surface area contributed by atoms with Gasteiger partial charge in [-0.1, -0.05) is 6.07 Å². The molecule has 0 radical (unpaired) electrons. The van der Waals surface area contributed by atoms with Gasteiger partial charge in [-0.3, -0.25) is 14.5 Å². The van der Waals surface area contributed by atoms with Crippen molar-refractivity contribution in [1.82, 2.24) is 15.1 Å². The van der Waals surface area contributed by atoms with Crippen LogP contribution >= 0.6 is 0 Å². The van der Waals surface area contributed by atoms with E-state index in [0.29, 0.717) is 38.3 Å². The van der Waals surface area contributed by atoms with E-state index in [-0.39, 0.29) is 17.4 Å². The van der Waals surface area contributed by atoms with Gasteiger partial charge in [-0.15, -0.1) is 0 Å². The molecule has 1 spiro atoms. The van der Waals surface area contributed by atoms with Crippen LogP contribution < -0.4 is 10.2 Å². The molecule has 0 saturated carbocycles. The van der Waals surface area contributed by atoms with E-state index in [4.69, 9.17) is 4.74 Å². The Kier molecular flexibility index (Phi) is 5.53. The van der Waals surface area contributed by atoms with Crippen molar-refractivity contribution < 1.29 is 14.3 Å². The highest BCUT2D eigenvalue weighted by Gasteiger charge is 2.51. The number of anilines is 1. The van der Waals surface area contributed by atoms with Crippen molar-refractivity contribution in [3.05, 3.63) is 29.8 Å². The third kappa shape index (κ3) is 3.98. The highest BCUT2D eigenvalue weighted by molar-refractivity contribution is 5.95. The van der Waals surface area contributed by atoms with Crippen LogP contribution in [0, 0.1) is 0 Å². The van der Waals surface area contributed by atoms with Crippen molar-refractivity contribution in [2.24, 2.45) is 0 Å². The Morgan fingerprint density at radius 3 is 2.62 bits per heavy atom. The van der Waals surface area contributed by atoms with Crippen molar-refractivity contribution in [3.8, 4) is 0 Å². The first kappa shape index (κ1) is 20.2. The molecular weight excluding hydrogens is 368 g/mol. The number of hydrogen-bond donors (Lipinski definition) is 1. The quantitative estimate of drug-likeness (QED) is 0.826. The summed E-state index contributed by atoms with van der Waals surface area (Å²) >= 11 is 0. The zero-order chi connectivity index (χ0) is 20.6.